The van der Waals surface area contributed by atoms with Gasteiger partial charge in [0.05, 0.1) is 12.1 Å². The Kier molecular flexibility index (Phi) is 6.64. The van der Waals surface area contributed by atoms with E-state index >= 15 is 0 Å². The van der Waals surface area contributed by atoms with Crippen molar-refractivity contribution >= 4 is 5.91 Å². The number of hydrogen-bond donors (Lipinski definition) is 1. The second kappa shape index (κ2) is 9.16. The highest BCUT2D eigenvalue weighted by Crippen LogP contribution is 2.14. The zero-order valence-electron chi connectivity index (χ0n) is 16.7. The van der Waals surface area contributed by atoms with Gasteiger partial charge in [-0.05, 0) is 31.9 Å². The number of piperazine rings is 1. The van der Waals surface area contributed by atoms with Gasteiger partial charge < -0.3 is 5.32 Å². The van der Waals surface area contributed by atoms with Crippen LogP contribution in [0.4, 0.5) is 0 Å². The highest BCUT2D eigenvalue weighted by atomic mass is 16.2. The molecule has 0 aliphatic carbocycles. The molecule has 1 aliphatic rings. The molecule has 0 spiro atoms. The van der Waals surface area contributed by atoms with Gasteiger partial charge in [-0.2, -0.15) is 0 Å². The van der Waals surface area contributed by atoms with E-state index in [-0.39, 0.29) is 18.0 Å². The molecular weight excluding hydrogens is 334 g/mol. The number of nitrogens with zero attached hydrogens (tertiary/aromatic N) is 2. The highest BCUT2D eigenvalue weighted by molar-refractivity contribution is 5.81. The Balaban J connectivity index is 1.47. The molecule has 1 saturated heterocycles. The molecule has 0 aromatic heterocycles. The van der Waals surface area contributed by atoms with Gasteiger partial charge in [-0.15, -0.1) is 0 Å². The third-order valence-electron chi connectivity index (χ3n) is 5.48. The summed E-state index contributed by atoms with van der Waals surface area (Å²) in [6, 6.07) is 18.8. The molecule has 1 N–H and O–H groups in total. The van der Waals surface area contributed by atoms with Crippen LogP contribution in [0.2, 0.25) is 0 Å². The molecule has 4 heteroatoms. The summed E-state index contributed by atoms with van der Waals surface area (Å²) in [5.41, 5.74) is 3.82. The van der Waals surface area contributed by atoms with E-state index in [9.17, 15) is 4.79 Å². The Bertz CT molecular complexity index is 738. The van der Waals surface area contributed by atoms with Crippen molar-refractivity contribution in [3.63, 3.8) is 0 Å². The van der Waals surface area contributed by atoms with Crippen LogP contribution in [0.15, 0.2) is 54.6 Å². The van der Waals surface area contributed by atoms with Gasteiger partial charge in [-0.25, -0.2) is 0 Å². The minimum atomic E-state index is -0.0997. The fourth-order valence-electron chi connectivity index (χ4n) is 3.70. The maximum absolute atomic E-state index is 12.7. The molecule has 0 radical (unpaired) electrons. The summed E-state index contributed by atoms with van der Waals surface area (Å²) in [6.45, 7) is 11.0. The Morgan fingerprint density at radius 1 is 1.00 bits per heavy atom. The minimum absolute atomic E-state index is 0.0313. The summed E-state index contributed by atoms with van der Waals surface area (Å²) in [6.07, 6.45) is 0. The Labute approximate surface area is 163 Å². The first-order valence-electron chi connectivity index (χ1n) is 9.90. The number of carbonyl (C=O) groups is 1. The van der Waals surface area contributed by atoms with Crippen molar-refractivity contribution in [2.45, 2.75) is 39.4 Å². The Morgan fingerprint density at radius 2 is 1.70 bits per heavy atom. The van der Waals surface area contributed by atoms with E-state index in [0.717, 1.165) is 38.3 Å². The number of amides is 1. The number of nitrogens with one attached hydrogen (secondary N) is 1. The zero-order chi connectivity index (χ0) is 19.2. The first kappa shape index (κ1) is 19.6. The SMILES string of the molecule is Cc1cccc(CN2CCN([C@H](C)C(=O)N[C@@H](C)c3ccccc3)CC2)c1. The van der Waals surface area contributed by atoms with Crippen molar-refractivity contribution in [1.29, 1.82) is 0 Å². The molecule has 1 heterocycles. The fourth-order valence-corrected chi connectivity index (χ4v) is 3.70. The summed E-state index contributed by atoms with van der Waals surface area (Å²) < 4.78 is 0. The van der Waals surface area contributed by atoms with Crippen LogP contribution >= 0.6 is 0 Å². The Morgan fingerprint density at radius 3 is 2.37 bits per heavy atom. The lowest BCUT2D eigenvalue weighted by atomic mass is 10.1. The van der Waals surface area contributed by atoms with E-state index < -0.39 is 0 Å². The lowest BCUT2D eigenvalue weighted by molar-refractivity contribution is -0.127. The molecule has 2 aromatic rings. The molecule has 0 unspecified atom stereocenters. The molecule has 1 fully saturated rings. The molecule has 2 atom stereocenters. The fraction of sp³-hybridized carbons (Fsp3) is 0.435. The summed E-state index contributed by atoms with van der Waals surface area (Å²) >= 11 is 0. The normalized spacial score (nSPS) is 18.0. The molecule has 4 nitrogen and oxygen atoms in total. The lowest BCUT2D eigenvalue weighted by Gasteiger charge is -2.37. The van der Waals surface area contributed by atoms with E-state index in [4.69, 9.17) is 0 Å². The maximum Gasteiger partial charge on any atom is 0.237 e. The zero-order valence-corrected chi connectivity index (χ0v) is 16.7. The first-order valence-corrected chi connectivity index (χ1v) is 9.90. The molecule has 1 aliphatic heterocycles. The standard InChI is InChI=1S/C23H31N3O/c1-18-8-7-9-21(16-18)17-25-12-14-26(15-13-25)20(3)23(27)24-19(2)22-10-5-4-6-11-22/h4-11,16,19-20H,12-15,17H2,1-3H3,(H,24,27)/t19-,20+/m0/s1. The predicted molar refractivity (Wildman–Crippen MR) is 110 cm³/mol. The van der Waals surface area contributed by atoms with Crippen molar-refractivity contribution in [3.05, 3.63) is 71.3 Å². The molecule has 3 rings (SSSR count). The summed E-state index contributed by atoms with van der Waals surface area (Å²) in [7, 11) is 0. The minimum Gasteiger partial charge on any atom is -0.348 e. The molecular formula is C23H31N3O. The van der Waals surface area contributed by atoms with Gasteiger partial charge in [0.1, 0.15) is 0 Å². The monoisotopic (exact) mass is 365 g/mol. The Hall–Kier alpha value is -2.17. The van der Waals surface area contributed by atoms with Gasteiger partial charge in [0.15, 0.2) is 0 Å². The van der Waals surface area contributed by atoms with Gasteiger partial charge in [-0.3, -0.25) is 14.6 Å². The van der Waals surface area contributed by atoms with Crippen LogP contribution in [0.3, 0.4) is 0 Å². The third-order valence-corrected chi connectivity index (χ3v) is 5.48. The number of carbonyl (C=O) groups excluding carboxylic acids is 1. The highest BCUT2D eigenvalue weighted by Gasteiger charge is 2.26. The molecule has 0 bridgehead atoms. The average molecular weight is 366 g/mol. The van der Waals surface area contributed by atoms with Crippen LogP contribution in [0.1, 0.15) is 36.6 Å². The van der Waals surface area contributed by atoms with Crippen LogP contribution in [0, 0.1) is 6.92 Å². The van der Waals surface area contributed by atoms with Gasteiger partial charge >= 0.3 is 0 Å². The maximum atomic E-state index is 12.7. The van der Waals surface area contributed by atoms with E-state index in [0.29, 0.717) is 0 Å². The predicted octanol–water partition coefficient (Wildman–Crippen LogP) is 3.38. The second-order valence-electron chi connectivity index (χ2n) is 7.62. The van der Waals surface area contributed by atoms with Crippen LogP contribution in [-0.2, 0) is 11.3 Å². The third kappa shape index (κ3) is 5.41. The van der Waals surface area contributed by atoms with Crippen molar-refractivity contribution in [1.82, 2.24) is 15.1 Å². The summed E-state index contributed by atoms with van der Waals surface area (Å²) in [4.78, 5) is 17.4. The van der Waals surface area contributed by atoms with Gasteiger partial charge in [0.25, 0.3) is 0 Å². The van der Waals surface area contributed by atoms with Gasteiger partial charge in [0, 0.05) is 32.7 Å². The number of aryl methyl sites for hydroxylation is 1. The van der Waals surface area contributed by atoms with E-state index in [1.165, 1.54) is 11.1 Å². The number of hydrogen-bond acceptors (Lipinski definition) is 3. The smallest absolute Gasteiger partial charge is 0.237 e. The molecule has 1 amide bonds. The second-order valence-corrected chi connectivity index (χ2v) is 7.62. The van der Waals surface area contributed by atoms with Crippen LogP contribution in [0.25, 0.3) is 0 Å². The number of benzene rings is 2. The van der Waals surface area contributed by atoms with Gasteiger partial charge in [-0.1, -0.05) is 60.2 Å². The first-order chi connectivity index (χ1) is 13.0. The average Bonchev–Trinajstić information content (AvgIpc) is 2.68. The van der Waals surface area contributed by atoms with Crippen LogP contribution in [0.5, 0.6) is 0 Å². The van der Waals surface area contributed by atoms with Gasteiger partial charge in [0.2, 0.25) is 5.91 Å². The van der Waals surface area contributed by atoms with Crippen molar-refractivity contribution in [3.8, 4) is 0 Å². The largest absolute Gasteiger partial charge is 0.348 e. The number of rotatable bonds is 6. The molecule has 0 saturated carbocycles. The lowest BCUT2D eigenvalue weighted by Crippen LogP contribution is -2.53. The van der Waals surface area contributed by atoms with Crippen LogP contribution in [-0.4, -0.2) is 47.9 Å². The van der Waals surface area contributed by atoms with E-state index in [1.54, 1.807) is 0 Å². The van der Waals surface area contributed by atoms with E-state index in [2.05, 4.69) is 58.4 Å². The quantitative estimate of drug-likeness (QED) is 0.852. The van der Waals surface area contributed by atoms with Crippen molar-refractivity contribution < 1.29 is 4.79 Å². The van der Waals surface area contributed by atoms with Crippen molar-refractivity contribution in [2.24, 2.45) is 0 Å². The topological polar surface area (TPSA) is 35.6 Å². The van der Waals surface area contributed by atoms with Crippen LogP contribution < -0.4 is 5.32 Å². The van der Waals surface area contributed by atoms with Crippen molar-refractivity contribution in [2.75, 3.05) is 26.2 Å². The summed E-state index contributed by atoms with van der Waals surface area (Å²) in [5, 5.41) is 3.16. The van der Waals surface area contributed by atoms with E-state index in [1.807, 2.05) is 32.0 Å². The molecule has 27 heavy (non-hydrogen) atoms. The molecule has 144 valence electrons. The molecule has 2 aromatic carbocycles. The summed E-state index contributed by atoms with van der Waals surface area (Å²) in [5.74, 6) is 0.110.